The summed E-state index contributed by atoms with van der Waals surface area (Å²) >= 11 is 0. The van der Waals surface area contributed by atoms with Gasteiger partial charge < -0.3 is 14.6 Å². The van der Waals surface area contributed by atoms with Gasteiger partial charge in [-0.25, -0.2) is 4.98 Å². The number of hydrogen-bond acceptors (Lipinski definition) is 4. The zero-order valence-electron chi connectivity index (χ0n) is 11.0. The van der Waals surface area contributed by atoms with Gasteiger partial charge in [-0.2, -0.15) is 4.98 Å². The molecule has 0 aliphatic carbocycles. The summed E-state index contributed by atoms with van der Waals surface area (Å²) in [5.74, 6) is 0.635. The molecule has 0 bridgehead atoms. The van der Waals surface area contributed by atoms with E-state index in [9.17, 15) is 0 Å². The van der Waals surface area contributed by atoms with Gasteiger partial charge >= 0.3 is 0 Å². The average Bonchev–Trinajstić information content (AvgIpc) is 2.95. The molecule has 1 N–H and O–H groups in total. The fourth-order valence-electron chi connectivity index (χ4n) is 2.87. The van der Waals surface area contributed by atoms with Gasteiger partial charge in [-0.15, -0.1) is 0 Å². The Kier molecular flexibility index (Phi) is 2.52. The van der Waals surface area contributed by atoms with Crippen molar-refractivity contribution in [1.82, 2.24) is 19.9 Å². The van der Waals surface area contributed by atoms with Crippen molar-refractivity contribution in [3.63, 3.8) is 0 Å². The number of ether oxygens (including phenoxy) is 1. The monoisotopic (exact) mass is 246 g/mol. The second-order valence-corrected chi connectivity index (χ2v) is 5.10. The summed E-state index contributed by atoms with van der Waals surface area (Å²) in [7, 11) is 3.65. The molecule has 0 aromatic carbocycles. The van der Waals surface area contributed by atoms with Gasteiger partial charge in [0.05, 0.1) is 7.11 Å². The van der Waals surface area contributed by atoms with Crippen molar-refractivity contribution in [1.29, 1.82) is 0 Å². The van der Waals surface area contributed by atoms with Crippen molar-refractivity contribution in [2.75, 3.05) is 13.7 Å². The molecule has 2 aromatic heterocycles. The van der Waals surface area contributed by atoms with E-state index in [1.165, 1.54) is 12.0 Å². The van der Waals surface area contributed by atoms with Crippen molar-refractivity contribution in [2.45, 2.75) is 25.3 Å². The number of hydrogen-bond donors (Lipinski definition) is 1. The van der Waals surface area contributed by atoms with Crippen LogP contribution in [0.25, 0.3) is 11.0 Å². The number of methoxy groups -OCH3 is 1. The lowest BCUT2D eigenvalue weighted by molar-refractivity contribution is 0.400. The first-order valence-corrected chi connectivity index (χ1v) is 6.25. The van der Waals surface area contributed by atoms with Crippen LogP contribution in [0.4, 0.5) is 0 Å². The molecule has 0 amide bonds. The maximum Gasteiger partial charge on any atom is 0.241 e. The summed E-state index contributed by atoms with van der Waals surface area (Å²) < 4.78 is 7.38. The van der Waals surface area contributed by atoms with E-state index in [1.807, 2.05) is 7.05 Å². The van der Waals surface area contributed by atoms with Gasteiger partial charge in [0.25, 0.3) is 0 Å². The van der Waals surface area contributed by atoms with E-state index >= 15 is 0 Å². The minimum Gasteiger partial charge on any atom is -0.479 e. The first kappa shape index (κ1) is 11.5. The van der Waals surface area contributed by atoms with E-state index in [4.69, 9.17) is 4.74 Å². The van der Waals surface area contributed by atoms with Gasteiger partial charge in [-0.3, -0.25) is 0 Å². The lowest BCUT2D eigenvalue weighted by Crippen LogP contribution is -2.33. The molecule has 2 aromatic rings. The van der Waals surface area contributed by atoms with Crippen LogP contribution in [0.2, 0.25) is 0 Å². The Hall–Kier alpha value is -1.62. The van der Waals surface area contributed by atoms with Crippen LogP contribution in [-0.2, 0) is 12.6 Å². The first-order chi connectivity index (χ1) is 8.65. The molecule has 0 radical (unpaired) electrons. The lowest BCUT2D eigenvalue weighted by atomic mass is 9.92. The molecule has 3 rings (SSSR count). The quantitative estimate of drug-likeness (QED) is 0.874. The number of fused-ring (bicyclic) bond motifs is 1. The Balaban J connectivity index is 2.25. The number of rotatable bonds is 2. The molecule has 5 nitrogen and oxygen atoms in total. The molecular formula is C13H18N4O. The molecule has 1 fully saturated rings. The molecule has 1 saturated heterocycles. The molecule has 1 aliphatic heterocycles. The maximum atomic E-state index is 5.32. The topological polar surface area (TPSA) is 52.0 Å². The van der Waals surface area contributed by atoms with E-state index in [1.54, 1.807) is 13.4 Å². The second kappa shape index (κ2) is 3.95. The highest BCUT2D eigenvalue weighted by molar-refractivity contribution is 5.84. The van der Waals surface area contributed by atoms with Crippen LogP contribution >= 0.6 is 0 Å². The van der Waals surface area contributed by atoms with Crippen LogP contribution in [0, 0.1) is 0 Å². The van der Waals surface area contributed by atoms with Gasteiger partial charge in [0.2, 0.25) is 5.88 Å². The normalized spacial score (nSPS) is 23.7. The van der Waals surface area contributed by atoms with Crippen molar-refractivity contribution in [3.05, 3.63) is 18.1 Å². The predicted octanol–water partition coefficient (Wildman–Crippen LogP) is 1.58. The van der Waals surface area contributed by atoms with Crippen molar-refractivity contribution >= 4 is 11.0 Å². The minimum atomic E-state index is 0.0128. The summed E-state index contributed by atoms with van der Waals surface area (Å²) in [6.07, 6.45) is 6.05. The maximum absolute atomic E-state index is 5.32. The van der Waals surface area contributed by atoms with Crippen molar-refractivity contribution < 1.29 is 4.74 Å². The van der Waals surface area contributed by atoms with E-state index in [0.717, 1.165) is 24.0 Å². The van der Waals surface area contributed by atoms with E-state index in [-0.39, 0.29) is 5.54 Å². The molecular weight excluding hydrogens is 228 g/mol. The highest BCUT2D eigenvalue weighted by Crippen LogP contribution is 2.36. The number of aryl methyl sites for hydroxylation is 1. The standard InChI is InChI=1S/C13H18N4O/c1-13(5-4-6-16-13)9-7-17(2)11-10(9)14-8-15-12(11)18-3/h7-8,16H,4-6H2,1-3H3. The molecule has 1 aliphatic rings. The van der Waals surface area contributed by atoms with E-state index in [2.05, 4.69) is 33.0 Å². The van der Waals surface area contributed by atoms with Gasteiger partial charge in [0, 0.05) is 24.3 Å². The van der Waals surface area contributed by atoms with Crippen LogP contribution in [-0.4, -0.2) is 28.2 Å². The van der Waals surface area contributed by atoms with Gasteiger partial charge in [0.1, 0.15) is 17.4 Å². The number of nitrogens with zero attached hydrogens (tertiary/aromatic N) is 3. The molecule has 1 unspecified atom stereocenters. The molecule has 5 heteroatoms. The van der Waals surface area contributed by atoms with Crippen LogP contribution < -0.4 is 10.1 Å². The highest BCUT2D eigenvalue weighted by atomic mass is 16.5. The fourth-order valence-corrected chi connectivity index (χ4v) is 2.87. The largest absolute Gasteiger partial charge is 0.479 e. The van der Waals surface area contributed by atoms with Gasteiger partial charge in [-0.05, 0) is 26.3 Å². The third kappa shape index (κ3) is 1.50. The number of nitrogens with one attached hydrogen (secondary N) is 1. The van der Waals surface area contributed by atoms with Crippen LogP contribution in [0.3, 0.4) is 0 Å². The van der Waals surface area contributed by atoms with Crippen molar-refractivity contribution in [2.24, 2.45) is 7.05 Å². The summed E-state index contributed by atoms with van der Waals surface area (Å²) in [4.78, 5) is 8.62. The third-order valence-corrected chi connectivity index (χ3v) is 3.88. The highest BCUT2D eigenvalue weighted by Gasteiger charge is 2.33. The molecule has 0 spiro atoms. The van der Waals surface area contributed by atoms with Gasteiger partial charge in [0.15, 0.2) is 0 Å². The van der Waals surface area contributed by atoms with E-state index < -0.39 is 0 Å². The van der Waals surface area contributed by atoms with Gasteiger partial charge in [-0.1, -0.05) is 0 Å². The SMILES string of the molecule is COc1ncnc2c(C3(C)CCCN3)cn(C)c12. The van der Waals surface area contributed by atoms with Crippen LogP contribution in [0.5, 0.6) is 5.88 Å². The Bertz CT molecular complexity index is 584. The number of aromatic nitrogens is 3. The predicted molar refractivity (Wildman–Crippen MR) is 69.6 cm³/mol. The fraction of sp³-hybridized carbons (Fsp3) is 0.538. The summed E-state index contributed by atoms with van der Waals surface area (Å²) in [6, 6.07) is 0. The zero-order valence-corrected chi connectivity index (χ0v) is 11.0. The van der Waals surface area contributed by atoms with Crippen LogP contribution in [0.1, 0.15) is 25.3 Å². The molecule has 0 saturated carbocycles. The average molecular weight is 246 g/mol. The summed E-state index contributed by atoms with van der Waals surface area (Å²) in [5, 5.41) is 3.58. The Labute approximate surface area is 106 Å². The Morgan fingerprint density at radius 2 is 2.28 bits per heavy atom. The summed E-state index contributed by atoms with van der Waals surface area (Å²) in [6.45, 7) is 3.30. The second-order valence-electron chi connectivity index (χ2n) is 5.10. The molecule has 1 atom stereocenters. The molecule has 96 valence electrons. The molecule has 3 heterocycles. The third-order valence-electron chi connectivity index (χ3n) is 3.88. The molecule has 18 heavy (non-hydrogen) atoms. The lowest BCUT2D eigenvalue weighted by Gasteiger charge is -2.23. The van der Waals surface area contributed by atoms with Crippen LogP contribution in [0.15, 0.2) is 12.5 Å². The zero-order chi connectivity index (χ0) is 12.8. The smallest absolute Gasteiger partial charge is 0.241 e. The Morgan fingerprint density at radius 1 is 1.44 bits per heavy atom. The summed E-state index contributed by atoms with van der Waals surface area (Å²) in [5.41, 5.74) is 3.20. The minimum absolute atomic E-state index is 0.0128. The Morgan fingerprint density at radius 3 is 2.94 bits per heavy atom. The van der Waals surface area contributed by atoms with Crippen molar-refractivity contribution in [3.8, 4) is 5.88 Å². The van der Waals surface area contributed by atoms with E-state index in [0.29, 0.717) is 5.88 Å². The first-order valence-electron chi connectivity index (χ1n) is 6.25.